The number of carbonyl (C=O) groups excluding carboxylic acids is 2. The van der Waals surface area contributed by atoms with E-state index in [2.05, 4.69) is 0 Å². The van der Waals surface area contributed by atoms with Gasteiger partial charge in [0, 0.05) is 19.7 Å². The number of amides is 1. The molecule has 15 heavy (non-hydrogen) atoms. The van der Waals surface area contributed by atoms with Crippen LogP contribution < -0.4 is 0 Å². The summed E-state index contributed by atoms with van der Waals surface area (Å²) in [6.45, 7) is 4.00. The number of nitrogens with zero attached hydrogens (tertiary/aromatic N) is 1. The molecule has 0 saturated carbocycles. The minimum Gasteiger partial charge on any atom is -0.345 e. The topological polar surface area (TPSA) is 37.4 Å². The van der Waals surface area contributed by atoms with Crippen molar-refractivity contribution in [3.63, 3.8) is 0 Å². The minimum atomic E-state index is -0.150. The van der Waals surface area contributed by atoms with Crippen molar-refractivity contribution in [1.29, 1.82) is 0 Å². The van der Waals surface area contributed by atoms with Crippen LogP contribution in [0.4, 0.5) is 0 Å². The molecule has 0 radical (unpaired) electrons. The zero-order valence-corrected chi connectivity index (χ0v) is 9.65. The second-order valence-corrected chi connectivity index (χ2v) is 2.90. The fourth-order valence-electron chi connectivity index (χ4n) is 1.04. The number of rotatable bonds is 2. The molecule has 3 nitrogen and oxygen atoms in total. The summed E-state index contributed by atoms with van der Waals surface area (Å²) in [5.74, 6) is -0.150. The fourth-order valence-corrected chi connectivity index (χ4v) is 1.04. The maximum absolute atomic E-state index is 11.5. The van der Waals surface area contributed by atoms with E-state index in [9.17, 15) is 9.59 Å². The second kappa shape index (κ2) is 6.76. The molecule has 0 fully saturated rings. The fraction of sp³-hybridized carbons (Fsp3) is 0.333. The molecular formula is C12H17NO2. The largest absolute Gasteiger partial charge is 0.345 e. The van der Waals surface area contributed by atoms with Crippen LogP contribution in [0.5, 0.6) is 0 Å². The zero-order valence-electron chi connectivity index (χ0n) is 9.65. The molecule has 3 heteroatoms. The van der Waals surface area contributed by atoms with Gasteiger partial charge in [-0.25, -0.2) is 0 Å². The quantitative estimate of drug-likeness (QED) is 0.697. The predicted octanol–water partition coefficient (Wildman–Crippen LogP) is 2.23. The predicted molar refractivity (Wildman–Crippen MR) is 61.2 cm³/mol. The minimum absolute atomic E-state index is 0.150. The lowest BCUT2D eigenvalue weighted by molar-refractivity contribution is 0.0824. The molecule has 0 N–H and O–H groups in total. The van der Waals surface area contributed by atoms with E-state index in [4.69, 9.17) is 0 Å². The summed E-state index contributed by atoms with van der Waals surface area (Å²) in [6, 6.07) is 6.75. The lowest BCUT2D eigenvalue weighted by Gasteiger charge is -2.11. The molecule has 1 aromatic carbocycles. The Morgan fingerprint density at radius 1 is 1.20 bits per heavy atom. The zero-order chi connectivity index (χ0) is 11.8. The summed E-state index contributed by atoms with van der Waals surface area (Å²) in [7, 11) is 3.31. The average molecular weight is 207 g/mol. The molecule has 0 atom stereocenters. The Morgan fingerprint density at radius 3 is 2.20 bits per heavy atom. The third kappa shape index (κ3) is 3.54. The molecule has 0 spiro atoms. The molecule has 1 aromatic rings. The van der Waals surface area contributed by atoms with Crippen LogP contribution >= 0.6 is 0 Å². The molecule has 1 amide bonds. The summed E-state index contributed by atoms with van der Waals surface area (Å²) in [5, 5.41) is 0. The van der Waals surface area contributed by atoms with Gasteiger partial charge in [0.05, 0.1) is 5.56 Å². The highest BCUT2D eigenvalue weighted by molar-refractivity contribution is 6.01. The first-order chi connectivity index (χ1) is 7.16. The molecule has 0 aromatic heterocycles. The maximum atomic E-state index is 11.5. The first-order valence-electron chi connectivity index (χ1n) is 4.92. The highest BCUT2D eigenvalue weighted by Gasteiger charge is 2.11. The van der Waals surface area contributed by atoms with Gasteiger partial charge in [-0.15, -0.1) is 0 Å². The molecule has 0 bridgehead atoms. The van der Waals surface area contributed by atoms with E-state index in [1.54, 1.807) is 38.4 Å². The summed E-state index contributed by atoms with van der Waals surface area (Å²) >= 11 is 0. The van der Waals surface area contributed by atoms with Gasteiger partial charge < -0.3 is 4.90 Å². The standard InChI is InChI=1S/C10H11NO2.C2H6/c1-11(2)10(13)9-6-4-3-5-8(9)7-12;1-2/h3-7H,1-2H3;1-2H3. The molecule has 1 rings (SSSR count). The lowest BCUT2D eigenvalue weighted by atomic mass is 10.1. The summed E-state index contributed by atoms with van der Waals surface area (Å²) in [4.78, 5) is 23.5. The monoisotopic (exact) mass is 207 g/mol. The number of benzene rings is 1. The Bertz CT molecular complexity index is 332. The van der Waals surface area contributed by atoms with Crippen LogP contribution in [0.25, 0.3) is 0 Å². The highest BCUT2D eigenvalue weighted by atomic mass is 16.2. The van der Waals surface area contributed by atoms with Crippen LogP contribution in [0.15, 0.2) is 24.3 Å². The van der Waals surface area contributed by atoms with Gasteiger partial charge >= 0.3 is 0 Å². The van der Waals surface area contributed by atoms with Gasteiger partial charge in [-0.1, -0.05) is 32.0 Å². The van der Waals surface area contributed by atoms with Crippen LogP contribution in [0.2, 0.25) is 0 Å². The third-order valence-corrected chi connectivity index (χ3v) is 1.72. The van der Waals surface area contributed by atoms with Crippen LogP contribution in [0.3, 0.4) is 0 Å². The van der Waals surface area contributed by atoms with Gasteiger partial charge in [-0.05, 0) is 6.07 Å². The number of hydrogen-bond donors (Lipinski definition) is 0. The first-order valence-corrected chi connectivity index (χ1v) is 4.92. The Hall–Kier alpha value is -1.64. The van der Waals surface area contributed by atoms with Gasteiger partial charge in [-0.3, -0.25) is 9.59 Å². The van der Waals surface area contributed by atoms with Crippen molar-refractivity contribution in [1.82, 2.24) is 4.90 Å². The summed E-state index contributed by atoms with van der Waals surface area (Å²) < 4.78 is 0. The molecule has 0 unspecified atom stereocenters. The van der Waals surface area contributed by atoms with Crippen molar-refractivity contribution in [2.24, 2.45) is 0 Å². The maximum Gasteiger partial charge on any atom is 0.254 e. The van der Waals surface area contributed by atoms with Crippen molar-refractivity contribution >= 4 is 12.2 Å². The van der Waals surface area contributed by atoms with Gasteiger partial charge in [-0.2, -0.15) is 0 Å². The lowest BCUT2D eigenvalue weighted by Crippen LogP contribution is -2.22. The van der Waals surface area contributed by atoms with Gasteiger partial charge in [0.1, 0.15) is 0 Å². The SMILES string of the molecule is CC.CN(C)C(=O)c1ccccc1C=O. The number of hydrogen-bond acceptors (Lipinski definition) is 2. The van der Waals surface area contributed by atoms with Crippen molar-refractivity contribution in [3.05, 3.63) is 35.4 Å². The van der Waals surface area contributed by atoms with E-state index >= 15 is 0 Å². The van der Waals surface area contributed by atoms with E-state index in [1.165, 1.54) is 4.90 Å². The molecule has 0 aliphatic rings. The Balaban J connectivity index is 0.000000921. The van der Waals surface area contributed by atoms with Crippen molar-refractivity contribution in [2.45, 2.75) is 13.8 Å². The van der Waals surface area contributed by atoms with Crippen LogP contribution in [-0.2, 0) is 0 Å². The van der Waals surface area contributed by atoms with E-state index in [0.29, 0.717) is 17.4 Å². The molecular weight excluding hydrogens is 190 g/mol. The Morgan fingerprint density at radius 2 is 1.73 bits per heavy atom. The van der Waals surface area contributed by atoms with Crippen molar-refractivity contribution in [3.8, 4) is 0 Å². The van der Waals surface area contributed by atoms with E-state index < -0.39 is 0 Å². The summed E-state index contributed by atoms with van der Waals surface area (Å²) in [5.41, 5.74) is 0.878. The third-order valence-electron chi connectivity index (χ3n) is 1.72. The summed E-state index contributed by atoms with van der Waals surface area (Å²) in [6.07, 6.45) is 0.691. The molecule has 0 aliphatic carbocycles. The smallest absolute Gasteiger partial charge is 0.254 e. The van der Waals surface area contributed by atoms with Crippen molar-refractivity contribution in [2.75, 3.05) is 14.1 Å². The molecule has 0 heterocycles. The van der Waals surface area contributed by atoms with Gasteiger partial charge in [0.2, 0.25) is 0 Å². The second-order valence-electron chi connectivity index (χ2n) is 2.90. The average Bonchev–Trinajstić information content (AvgIpc) is 2.30. The normalized spacial score (nSPS) is 8.53. The number of carbonyl (C=O) groups is 2. The highest BCUT2D eigenvalue weighted by Crippen LogP contribution is 2.07. The molecule has 0 aliphatic heterocycles. The first kappa shape index (κ1) is 13.4. The van der Waals surface area contributed by atoms with E-state index in [0.717, 1.165) is 0 Å². The van der Waals surface area contributed by atoms with E-state index in [-0.39, 0.29) is 5.91 Å². The van der Waals surface area contributed by atoms with Crippen molar-refractivity contribution < 1.29 is 9.59 Å². The number of aldehydes is 1. The van der Waals surface area contributed by atoms with Crippen LogP contribution in [-0.4, -0.2) is 31.2 Å². The van der Waals surface area contributed by atoms with Crippen LogP contribution in [0, 0.1) is 0 Å². The van der Waals surface area contributed by atoms with Crippen LogP contribution in [0.1, 0.15) is 34.6 Å². The van der Waals surface area contributed by atoms with Gasteiger partial charge in [0.25, 0.3) is 5.91 Å². The molecule has 0 saturated heterocycles. The molecule has 82 valence electrons. The van der Waals surface area contributed by atoms with E-state index in [1.807, 2.05) is 13.8 Å². The Kier molecular flexibility index (Phi) is 6.02. The Labute approximate surface area is 90.7 Å². The van der Waals surface area contributed by atoms with Gasteiger partial charge in [0.15, 0.2) is 6.29 Å².